The SMILES string of the molecule is COc1cc(CNC(=O)C[C@H](NC(C)=O)c2ccccc2)cc(OC)c1OC. The summed E-state index contributed by atoms with van der Waals surface area (Å²) in [6.45, 7) is 1.72. The predicted octanol–water partition coefficient (Wildman–Crippen LogP) is 2.60. The second kappa shape index (κ2) is 10.2. The fourth-order valence-corrected chi connectivity index (χ4v) is 2.88. The highest BCUT2D eigenvalue weighted by Gasteiger charge is 2.18. The van der Waals surface area contributed by atoms with Gasteiger partial charge < -0.3 is 24.8 Å². The molecule has 0 radical (unpaired) electrons. The van der Waals surface area contributed by atoms with E-state index in [0.29, 0.717) is 17.2 Å². The van der Waals surface area contributed by atoms with E-state index >= 15 is 0 Å². The largest absolute Gasteiger partial charge is 0.493 e. The summed E-state index contributed by atoms with van der Waals surface area (Å²) in [7, 11) is 4.61. The van der Waals surface area contributed by atoms with Crippen molar-refractivity contribution in [2.75, 3.05) is 21.3 Å². The minimum Gasteiger partial charge on any atom is -0.493 e. The molecule has 0 saturated carbocycles. The Hall–Kier alpha value is -3.22. The number of benzene rings is 2. The third kappa shape index (κ3) is 5.64. The number of amides is 2. The highest BCUT2D eigenvalue weighted by molar-refractivity contribution is 5.79. The maximum atomic E-state index is 12.5. The number of rotatable bonds is 9. The van der Waals surface area contributed by atoms with Gasteiger partial charge >= 0.3 is 0 Å². The van der Waals surface area contributed by atoms with Crippen LogP contribution in [0.3, 0.4) is 0 Å². The van der Waals surface area contributed by atoms with Gasteiger partial charge in [-0.3, -0.25) is 9.59 Å². The third-order valence-electron chi connectivity index (χ3n) is 4.18. The molecule has 2 amide bonds. The number of ether oxygens (including phenoxy) is 3. The van der Waals surface area contributed by atoms with Crippen LogP contribution in [-0.4, -0.2) is 33.1 Å². The van der Waals surface area contributed by atoms with Gasteiger partial charge in [0.25, 0.3) is 0 Å². The van der Waals surface area contributed by atoms with Crippen molar-refractivity contribution in [3.63, 3.8) is 0 Å². The minimum absolute atomic E-state index is 0.133. The molecule has 2 aromatic rings. The average Bonchev–Trinajstić information content (AvgIpc) is 2.71. The van der Waals surface area contributed by atoms with Crippen molar-refractivity contribution in [2.45, 2.75) is 25.9 Å². The van der Waals surface area contributed by atoms with Crippen LogP contribution in [0.2, 0.25) is 0 Å². The van der Waals surface area contributed by atoms with Gasteiger partial charge in [-0.2, -0.15) is 0 Å². The smallest absolute Gasteiger partial charge is 0.222 e. The fraction of sp³-hybridized carbons (Fsp3) is 0.333. The first kappa shape index (κ1) is 21.1. The molecule has 150 valence electrons. The molecule has 2 aromatic carbocycles. The summed E-state index contributed by atoms with van der Waals surface area (Å²) in [5.74, 6) is 1.16. The predicted molar refractivity (Wildman–Crippen MR) is 106 cm³/mol. The third-order valence-corrected chi connectivity index (χ3v) is 4.18. The Morgan fingerprint density at radius 2 is 1.57 bits per heavy atom. The molecule has 0 aliphatic heterocycles. The van der Waals surface area contributed by atoms with Crippen molar-refractivity contribution in [1.29, 1.82) is 0 Å². The van der Waals surface area contributed by atoms with E-state index in [4.69, 9.17) is 14.2 Å². The highest BCUT2D eigenvalue weighted by Crippen LogP contribution is 2.38. The van der Waals surface area contributed by atoms with Gasteiger partial charge in [-0.15, -0.1) is 0 Å². The summed E-state index contributed by atoms with van der Waals surface area (Å²) in [5, 5.41) is 5.69. The molecule has 7 heteroatoms. The number of carbonyl (C=O) groups is 2. The second-order valence-corrected chi connectivity index (χ2v) is 6.18. The van der Waals surface area contributed by atoms with Gasteiger partial charge in [0, 0.05) is 13.5 Å². The summed E-state index contributed by atoms with van der Waals surface area (Å²) < 4.78 is 16.0. The van der Waals surface area contributed by atoms with Crippen molar-refractivity contribution in [3.05, 3.63) is 53.6 Å². The van der Waals surface area contributed by atoms with Crippen LogP contribution in [-0.2, 0) is 16.1 Å². The van der Waals surface area contributed by atoms with Gasteiger partial charge in [0.2, 0.25) is 17.6 Å². The van der Waals surface area contributed by atoms with Crippen LogP contribution in [0, 0.1) is 0 Å². The average molecular weight is 386 g/mol. The number of methoxy groups -OCH3 is 3. The van der Waals surface area contributed by atoms with Crippen LogP contribution in [0.4, 0.5) is 0 Å². The summed E-state index contributed by atoms with van der Waals surface area (Å²) >= 11 is 0. The van der Waals surface area contributed by atoms with Gasteiger partial charge in [-0.25, -0.2) is 0 Å². The number of hydrogen-bond acceptors (Lipinski definition) is 5. The normalized spacial score (nSPS) is 11.3. The van der Waals surface area contributed by atoms with Gasteiger partial charge in [0.15, 0.2) is 11.5 Å². The Kier molecular flexibility index (Phi) is 7.68. The lowest BCUT2D eigenvalue weighted by atomic mass is 10.0. The van der Waals surface area contributed by atoms with Crippen LogP contribution < -0.4 is 24.8 Å². The van der Waals surface area contributed by atoms with E-state index in [-0.39, 0.29) is 24.8 Å². The number of carbonyl (C=O) groups excluding carboxylic acids is 2. The van der Waals surface area contributed by atoms with Gasteiger partial charge in [-0.1, -0.05) is 30.3 Å². The molecule has 0 bridgehead atoms. The molecule has 0 spiro atoms. The van der Waals surface area contributed by atoms with Crippen LogP contribution >= 0.6 is 0 Å². The Balaban J connectivity index is 2.07. The molecular weight excluding hydrogens is 360 g/mol. The van der Waals surface area contributed by atoms with E-state index in [1.165, 1.54) is 28.3 Å². The molecule has 0 aliphatic rings. The summed E-state index contributed by atoms with van der Waals surface area (Å²) in [6, 6.07) is 12.6. The lowest BCUT2D eigenvalue weighted by Gasteiger charge is -2.18. The second-order valence-electron chi connectivity index (χ2n) is 6.18. The first-order valence-corrected chi connectivity index (χ1v) is 8.86. The number of hydrogen-bond donors (Lipinski definition) is 2. The van der Waals surface area contributed by atoms with Crippen LogP contribution in [0.25, 0.3) is 0 Å². The van der Waals surface area contributed by atoms with E-state index < -0.39 is 6.04 Å². The van der Waals surface area contributed by atoms with Crippen LogP contribution in [0.1, 0.15) is 30.5 Å². The molecule has 0 fully saturated rings. The van der Waals surface area contributed by atoms with E-state index in [2.05, 4.69) is 10.6 Å². The number of nitrogens with one attached hydrogen (secondary N) is 2. The van der Waals surface area contributed by atoms with E-state index in [9.17, 15) is 9.59 Å². The minimum atomic E-state index is -0.390. The van der Waals surface area contributed by atoms with E-state index in [0.717, 1.165) is 11.1 Å². The van der Waals surface area contributed by atoms with Gasteiger partial charge in [0.05, 0.1) is 33.8 Å². The molecule has 2 rings (SSSR count). The topological polar surface area (TPSA) is 85.9 Å². The zero-order chi connectivity index (χ0) is 20.5. The molecule has 0 aliphatic carbocycles. The molecule has 0 saturated heterocycles. The van der Waals surface area contributed by atoms with Crippen molar-refractivity contribution < 1.29 is 23.8 Å². The zero-order valence-electron chi connectivity index (χ0n) is 16.6. The highest BCUT2D eigenvalue weighted by atomic mass is 16.5. The standard InChI is InChI=1S/C21H26N2O5/c1-14(24)23-17(16-8-6-5-7-9-16)12-20(25)22-13-15-10-18(26-2)21(28-4)19(11-15)27-3/h5-11,17H,12-13H2,1-4H3,(H,22,25)(H,23,24)/t17-/m0/s1. The maximum absolute atomic E-state index is 12.5. The summed E-state index contributed by atoms with van der Waals surface area (Å²) in [5.41, 5.74) is 1.68. The molecule has 7 nitrogen and oxygen atoms in total. The van der Waals surface area contributed by atoms with Crippen LogP contribution in [0.15, 0.2) is 42.5 Å². The molecule has 1 atom stereocenters. The molecule has 28 heavy (non-hydrogen) atoms. The maximum Gasteiger partial charge on any atom is 0.222 e. The Morgan fingerprint density at radius 1 is 0.964 bits per heavy atom. The summed E-state index contributed by atoms with van der Waals surface area (Å²) in [6.07, 6.45) is 0.133. The Morgan fingerprint density at radius 3 is 2.07 bits per heavy atom. The van der Waals surface area contributed by atoms with Crippen molar-refractivity contribution >= 4 is 11.8 Å². The molecule has 0 unspecified atom stereocenters. The van der Waals surface area contributed by atoms with Gasteiger partial charge in [-0.05, 0) is 23.3 Å². The zero-order valence-corrected chi connectivity index (χ0v) is 16.6. The van der Waals surface area contributed by atoms with Crippen molar-refractivity contribution in [1.82, 2.24) is 10.6 Å². The quantitative estimate of drug-likeness (QED) is 0.692. The van der Waals surface area contributed by atoms with E-state index in [1.807, 2.05) is 30.3 Å². The Labute approximate surface area is 165 Å². The van der Waals surface area contributed by atoms with Crippen LogP contribution in [0.5, 0.6) is 17.2 Å². The lowest BCUT2D eigenvalue weighted by Crippen LogP contribution is -2.32. The fourth-order valence-electron chi connectivity index (χ4n) is 2.88. The Bertz CT molecular complexity index is 783. The monoisotopic (exact) mass is 386 g/mol. The van der Waals surface area contributed by atoms with Crippen molar-refractivity contribution in [3.8, 4) is 17.2 Å². The van der Waals surface area contributed by atoms with Gasteiger partial charge in [0.1, 0.15) is 0 Å². The molecular formula is C21H26N2O5. The summed E-state index contributed by atoms with van der Waals surface area (Å²) in [4.78, 5) is 24.0. The molecule has 2 N–H and O–H groups in total. The first-order chi connectivity index (χ1) is 13.5. The van der Waals surface area contributed by atoms with E-state index in [1.54, 1.807) is 12.1 Å². The molecule has 0 aromatic heterocycles. The molecule has 0 heterocycles. The van der Waals surface area contributed by atoms with Crippen molar-refractivity contribution in [2.24, 2.45) is 0 Å². The first-order valence-electron chi connectivity index (χ1n) is 8.86. The lowest BCUT2D eigenvalue weighted by molar-refractivity contribution is -0.122.